The van der Waals surface area contributed by atoms with Crippen LogP contribution in [0.1, 0.15) is 16.9 Å². The number of halogens is 2. The fraction of sp³-hybridized carbons (Fsp3) is 0.267. The third-order valence-electron chi connectivity index (χ3n) is 2.93. The van der Waals surface area contributed by atoms with Crippen LogP contribution >= 0.6 is 23.2 Å². The van der Waals surface area contributed by atoms with Crippen molar-refractivity contribution in [1.82, 2.24) is 10.2 Å². The number of nitrogens with zero attached hydrogens (tertiary/aromatic N) is 2. The van der Waals surface area contributed by atoms with E-state index in [9.17, 15) is 4.79 Å². The number of anilines is 2. The summed E-state index contributed by atoms with van der Waals surface area (Å²) in [6.07, 6.45) is 0.855. The Morgan fingerprint density at radius 1 is 1.22 bits per heavy atom. The number of carbonyl (C=O) groups excluding carboxylic acids is 1. The van der Waals surface area contributed by atoms with Crippen LogP contribution in [0.4, 0.5) is 11.5 Å². The van der Waals surface area contributed by atoms with E-state index >= 15 is 0 Å². The largest absolute Gasteiger partial charge is 0.385 e. The van der Waals surface area contributed by atoms with Gasteiger partial charge in [-0.2, -0.15) is 0 Å². The van der Waals surface area contributed by atoms with Crippen molar-refractivity contribution in [2.75, 3.05) is 30.9 Å². The van der Waals surface area contributed by atoms with Crippen LogP contribution in [-0.4, -0.2) is 36.4 Å². The number of carbonyl (C=O) groups is 1. The Morgan fingerprint density at radius 3 is 2.74 bits per heavy atom. The molecule has 8 heteroatoms. The number of aromatic nitrogens is 2. The number of amides is 1. The standard InChI is InChI=1S/C15H16Cl2N4O2/c1-23-9-3-8-18-13-7-6-12(20-21-13)15(22)19-11-5-2-4-10(16)14(11)17/h2,4-7H,3,8-9H2,1H3,(H,18,21)(H,19,22). The predicted octanol–water partition coefficient (Wildman–Crippen LogP) is 3.48. The molecule has 0 saturated carbocycles. The highest BCUT2D eigenvalue weighted by molar-refractivity contribution is 6.44. The van der Waals surface area contributed by atoms with Crippen molar-refractivity contribution in [2.24, 2.45) is 0 Å². The van der Waals surface area contributed by atoms with Gasteiger partial charge in [-0.05, 0) is 30.7 Å². The monoisotopic (exact) mass is 354 g/mol. The summed E-state index contributed by atoms with van der Waals surface area (Å²) in [5, 5.41) is 14.2. The van der Waals surface area contributed by atoms with Crippen LogP contribution in [0.15, 0.2) is 30.3 Å². The van der Waals surface area contributed by atoms with Crippen LogP contribution in [0, 0.1) is 0 Å². The first-order valence-electron chi connectivity index (χ1n) is 6.93. The van der Waals surface area contributed by atoms with E-state index in [-0.39, 0.29) is 10.7 Å². The minimum atomic E-state index is -0.410. The molecule has 0 unspecified atom stereocenters. The summed E-state index contributed by atoms with van der Waals surface area (Å²) in [5.74, 6) is 0.186. The summed E-state index contributed by atoms with van der Waals surface area (Å²) in [7, 11) is 1.65. The van der Waals surface area contributed by atoms with E-state index in [1.807, 2.05) is 0 Å². The van der Waals surface area contributed by atoms with Crippen LogP contribution in [0.5, 0.6) is 0 Å². The number of ether oxygens (including phenoxy) is 1. The van der Waals surface area contributed by atoms with Crippen molar-refractivity contribution in [3.8, 4) is 0 Å². The molecule has 0 aliphatic rings. The average molecular weight is 355 g/mol. The second-order valence-corrected chi connectivity index (χ2v) is 5.42. The molecule has 0 bridgehead atoms. The molecule has 2 N–H and O–H groups in total. The topological polar surface area (TPSA) is 76.1 Å². The smallest absolute Gasteiger partial charge is 0.276 e. The second-order valence-electron chi connectivity index (χ2n) is 4.63. The molecular formula is C15H16Cl2N4O2. The number of hydrogen-bond donors (Lipinski definition) is 2. The Bertz CT molecular complexity index is 665. The zero-order chi connectivity index (χ0) is 16.7. The normalized spacial score (nSPS) is 10.4. The summed E-state index contributed by atoms with van der Waals surface area (Å²) in [5.41, 5.74) is 0.608. The van der Waals surface area contributed by atoms with E-state index in [4.69, 9.17) is 27.9 Å². The molecule has 2 aromatic rings. The van der Waals surface area contributed by atoms with Crippen molar-refractivity contribution >= 4 is 40.6 Å². The molecule has 0 aliphatic heterocycles. The highest BCUT2D eigenvalue weighted by atomic mass is 35.5. The first kappa shape index (κ1) is 17.5. The quantitative estimate of drug-likeness (QED) is 0.744. The van der Waals surface area contributed by atoms with Crippen LogP contribution in [-0.2, 0) is 4.74 Å². The van der Waals surface area contributed by atoms with Crippen LogP contribution in [0.25, 0.3) is 0 Å². The summed E-state index contributed by atoms with van der Waals surface area (Å²) < 4.78 is 4.96. The van der Waals surface area contributed by atoms with Gasteiger partial charge in [0, 0.05) is 20.3 Å². The van der Waals surface area contributed by atoms with E-state index in [0.29, 0.717) is 29.7 Å². The van der Waals surface area contributed by atoms with E-state index < -0.39 is 5.91 Å². The maximum atomic E-state index is 12.1. The first-order chi connectivity index (χ1) is 11.1. The lowest BCUT2D eigenvalue weighted by molar-refractivity contribution is 0.102. The van der Waals surface area contributed by atoms with Gasteiger partial charge in [0.15, 0.2) is 5.69 Å². The van der Waals surface area contributed by atoms with Gasteiger partial charge >= 0.3 is 0 Å². The summed E-state index contributed by atoms with van der Waals surface area (Å²) in [4.78, 5) is 12.1. The van der Waals surface area contributed by atoms with Gasteiger partial charge in [-0.1, -0.05) is 29.3 Å². The molecule has 0 atom stereocenters. The van der Waals surface area contributed by atoms with Crippen LogP contribution in [0.2, 0.25) is 10.0 Å². The van der Waals surface area contributed by atoms with Gasteiger partial charge < -0.3 is 15.4 Å². The SMILES string of the molecule is COCCCNc1ccc(C(=O)Nc2cccc(Cl)c2Cl)nn1. The van der Waals surface area contributed by atoms with Gasteiger partial charge in [0.2, 0.25) is 0 Å². The number of hydrogen-bond acceptors (Lipinski definition) is 5. The number of nitrogens with one attached hydrogen (secondary N) is 2. The maximum absolute atomic E-state index is 12.1. The average Bonchev–Trinajstić information content (AvgIpc) is 2.56. The van der Waals surface area contributed by atoms with E-state index in [1.54, 1.807) is 37.4 Å². The molecule has 0 aliphatic carbocycles. The fourth-order valence-electron chi connectivity index (χ4n) is 1.77. The lowest BCUT2D eigenvalue weighted by atomic mass is 10.3. The zero-order valence-corrected chi connectivity index (χ0v) is 14.0. The third kappa shape index (κ3) is 5.06. The van der Waals surface area contributed by atoms with Gasteiger partial charge in [0.25, 0.3) is 5.91 Å². The number of benzene rings is 1. The Balaban J connectivity index is 1.96. The van der Waals surface area contributed by atoms with Crippen LogP contribution < -0.4 is 10.6 Å². The second kappa shape index (κ2) is 8.67. The zero-order valence-electron chi connectivity index (χ0n) is 12.5. The van der Waals surface area contributed by atoms with E-state index in [0.717, 1.165) is 6.42 Å². The molecular weight excluding hydrogens is 339 g/mol. The molecule has 0 fully saturated rings. The van der Waals surface area contributed by atoms with Crippen molar-refractivity contribution in [3.05, 3.63) is 46.1 Å². The molecule has 6 nitrogen and oxygen atoms in total. The molecule has 1 aromatic carbocycles. The van der Waals surface area contributed by atoms with E-state index in [2.05, 4.69) is 20.8 Å². The maximum Gasteiger partial charge on any atom is 0.276 e. The first-order valence-corrected chi connectivity index (χ1v) is 7.69. The number of methoxy groups -OCH3 is 1. The molecule has 2 rings (SSSR count). The molecule has 23 heavy (non-hydrogen) atoms. The highest BCUT2D eigenvalue weighted by Gasteiger charge is 2.12. The van der Waals surface area contributed by atoms with Crippen LogP contribution in [0.3, 0.4) is 0 Å². The molecule has 0 saturated heterocycles. The van der Waals surface area contributed by atoms with Gasteiger partial charge in [-0.15, -0.1) is 10.2 Å². The Hall–Kier alpha value is -1.89. The minimum absolute atomic E-state index is 0.184. The lowest BCUT2D eigenvalue weighted by Crippen LogP contribution is -2.15. The minimum Gasteiger partial charge on any atom is -0.385 e. The Morgan fingerprint density at radius 2 is 2.04 bits per heavy atom. The summed E-state index contributed by atoms with van der Waals surface area (Å²) >= 11 is 11.9. The van der Waals surface area contributed by atoms with Crippen molar-refractivity contribution in [1.29, 1.82) is 0 Å². The Kier molecular flexibility index (Phi) is 6.58. The highest BCUT2D eigenvalue weighted by Crippen LogP contribution is 2.29. The van der Waals surface area contributed by atoms with Crippen molar-refractivity contribution in [2.45, 2.75) is 6.42 Å². The Labute approximate surface area is 144 Å². The summed E-state index contributed by atoms with van der Waals surface area (Å²) in [6.45, 7) is 1.38. The van der Waals surface area contributed by atoms with Crippen molar-refractivity contribution < 1.29 is 9.53 Å². The van der Waals surface area contributed by atoms with Crippen molar-refractivity contribution in [3.63, 3.8) is 0 Å². The predicted molar refractivity (Wildman–Crippen MR) is 91.4 cm³/mol. The lowest BCUT2D eigenvalue weighted by Gasteiger charge is -2.08. The molecule has 0 radical (unpaired) electrons. The van der Waals surface area contributed by atoms with E-state index in [1.165, 1.54) is 0 Å². The number of rotatable bonds is 7. The molecule has 1 aromatic heterocycles. The van der Waals surface area contributed by atoms with Gasteiger partial charge in [0.1, 0.15) is 5.82 Å². The van der Waals surface area contributed by atoms with Gasteiger partial charge in [-0.25, -0.2) is 0 Å². The third-order valence-corrected chi connectivity index (χ3v) is 3.75. The molecule has 122 valence electrons. The molecule has 1 heterocycles. The summed E-state index contributed by atoms with van der Waals surface area (Å²) in [6, 6.07) is 8.27. The van der Waals surface area contributed by atoms with Gasteiger partial charge in [0.05, 0.1) is 15.7 Å². The van der Waals surface area contributed by atoms with Gasteiger partial charge in [-0.3, -0.25) is 4.79 Å². The molecule has 1 amide bonds. The molecule has 0 spiro atoms. The fourth-order valence-corrected chi connectivity index (χ4v) is 2.12.